The molecule has 2 rings (SSSR count). The Balaban J connectivity index is 1.94. The van der Waals surface area contributed by atoms with Crippen LogP contribution in [-0.4, -0.2) is 46.5 Å². The van der Waals surface area contributed by atoms with E-state index in [1.165, 1.54) is 12.7 Å². The molecule has 1 aliphatic heterocycles. The van der Waals surface area contributed by atoms with Crippen LogP contribution in [-0.2, 0) is 4.79 Å². The number of rotatable bonds is 5. The number of nitrogens with zero attached hydrogens (tertiary/aromatic N) is 3. The van der Waals surface area contributed by atoms with Gasteiger partial charge in [-0.1, -0.05) is 0 Å². The lowest BCUT2D eigenvalue weighted by Gasteiger charge is -2.29. The van der Waals surface area contributed by atoms with Crippen LogP contribution in [0.4, 0.5) is 5.82 Å². The van der Waals surface area contributed by atoms with Crippen LogP contribution in [0.1, 0.15) is 33.1 Å². The number of hydrogen-bond donors (Lipinski definition) is 1. The molecule has 1 aromatic heterocycles. The van der Waals surface area contributed by atoms with Crippen molar-refractivity contribution in [1.82, 2.24) is 14.9 Å². The number of amides is 1. The first kappa shape index (κ1) is 14.6. The standard InChI is InChI=1S/C14H22N4O2/c1-3-20-13-9-12(15-10-16-13)17-11(2)14(19)18-7-5-4-6-8-18/h9-11H,3-8H2,1-2H3,(H,15,16,17)/t11-/m0/s1. The Labute approximate surface area is 119 Å². The summed E-state index contributed by atoms with van der Waals surface area (Å²) in [6.07, 6.45) is 4.85. The van der Waals surface area contributed by atoms with Gasteiger partial charge in [0.1, 0.15) is 18.2 Å². The molecule has 1 saturated heterocycles. The average Bonchev–Trinajstić information content (AvgIpc) is 2.48. The van der Waals surface area contributed by atoms with Crippen molar-refractivity contribution in [2.75, 3.05) is 25.0 Å². The molecule has 6 nitrogen and oxygen atoms in total. The van der Waals surface area contributed by atoms with Gasteiger partial charge < -0.3 is 15.0 Å². The van der Waals surface area contributed by atoms with Crippen LogP contribution in [0, 0.1) is 0 Å². The zero-order valence-corrected chi connectivity index (χ0v) is 12.1. The van der Waals surface area contributed by atoms with Crippen LogP contribution < -0.4 is 10.1 Å². The first-order chi connectivity index (χ1) is 9.70. The van der Waals surface area contributed by atoms with Gasteiger partial charge in [-0.2, -0.15) is 0 Å². The third kappa shape index (κ3) is 3.82. The summed E-state index contributed by atoms with van der Waals surface area (Å²) in [6, 6.07) is 1.42. The molecule has 0 spiro atoms. The SMILES string of the molecule is CCOc1cc(N[C@@H](C)C(=O)N2CCCCC2)ncn1. The molecule has 1 aromatic rings. The van der Waals surface area contributed by atoms with E-state index >= 15 is 0 Å². The van der Waals surface area contributed by atoms with Crippen LogP contribution in [0.5, 0.6) is 5.88 Å². The van der Waals surface area contributed by atoms with Crippen LogP contribution in [0.25, 0.3) is 0 Å². The minimum atomic E-state index is -0.294. The predicted octanol–water partition coefficient (Wildman–Crippen LogP) is 1.69. The lowest BCUT2D eigenvalue weighted by Crippen LogP contribution is -2.44. The molecule has 1 amide bonds. The van der Waals surface area contributed by atoms with E-state index in [1.54, 1.807) is 6.07 Å². The van der Waals surface area contributed by atoms with Gasteiger partial charge in [-0.15, -0.1) is 0 Å². The normalized spacial score (nSPS) is 16.6. The van der Waals surface area contributed by atoms with E-state index in [2.05, 4.69) is 15.3 Å². The largest absolute Gasteiger partial charge is 0.478 e. The average molecular weight is 278 g/mol. The molecule has 1 fully saturated rings. The molecule has 110 valence electrons. The number of nitrogens with one attached hydrogen (secondary N) is 1. The molecule has 0 radical (unpaired) electrons. The van der Waals surface area contributed by atoms with Crippen LogP contribution >= 0.6 is 0 Å². The minimum absolute atomic E-state index is 0.126. The van der Waals surface area contributed by atoms with Crippen molar-refractivity contribution in [3.8, 4) is 5.88 Å². The van der Waals surface area contributed by atoms with Crippen LogP contribution in [0.2, 0.25) is 0 Å². The molecular weight excluding hydrogens is 256 g/mol. The van der Waals surface area contributed by atoms with E-state index in [1.807, 2.05) is 18.7 Å². The maximum absolute atomic E-state index is 12.3. The summed E-state index contributed by atoms with van der Waals surface area (Å²) in [5.41, 5.74) is 0. The van der Waals surface area contributed by atoms with Crippen LogP contribution in [0.3, 0.4) is 0 Å². The Hall–Kier alpha value is -1.85. The summed E-state index contributed by atoms with van der Waals surface area (Å²) in [5, 5.41) is 3.12. The number of hydrogen-bond acceptors (Lipinski definition) is 5. The Morgan fingerprint density at radius 3 is 2.85 bits per heavy atom. The predicted molar refractivity (Wildman–Crippen MR) is 76.7 cm³/mol. The molecule has 2 heterocycles. The van der Waals surface area contributed by atoms with Crippen molar-refractivity contribution in [2.24, 2.45) is 0 Å². The first-order valence-electron chi connectivity index (χ1n) is 7.21. The van der Waals surface area contributed by atoms with Gasteiger partial charge in [-0.25, -0.2) is 9.97 Å². The molecule has 1 aliphatic rings. The lowest BCUT2D eigenvalue weighted by molar-refractivity contribution is -0.132. The van der Waals surface area contributed by atoms with Gasteiger partial charge in [0.05, 0.1) is 6.61 Å². The zero-order valence-electron chi connectivity index (χ0n) is 12.1. The highest BCUT2D eigenvalue weighted by Gasteiger charge is 2.22. The first-order valence-corrected chi connectivity index (χ1v) is 7.21. The van der Waals surface area contributed by atoms with Gasteiger partial charge in [0.2, 0.25) is 11.8 Å². The zero-order chi connectivity index (χ0) is 14.4. The molecule has 1 N–H and O–H groups in total. The fraction of sp³-hybridized carbons (Fsp3) is 0.643. The van der Waals surface area contributed by atoms with E-state index in [9.17, 15) is 4.79 Å². The van der Waals surface area contributed by atoms with Crippen molar-refractivity contribution in [3.63, 3.8) is 0 Å². The van der Waals surface area contributed by atoms with E-state index in [0.717, 1.165) is 25.9 Å². The molecule has 0 bridgehead atoms. The van der Waals surface area contributed by atoms with E-state index < -0.39 is 0 Å². The van der Waals surface area contributed by atoms with Crippen LogP contribution in [0.15, 0.2) is 12.4 Å². The number of aromatic nitrogens is 2. The molecule has 1 atom stereocenters. The summed E-state index contributed by atoms with van der Waals surface area (Å²) < 4.78 is 5.32. The molecule has 0 aromatic carbocycles. The summed E-state index contributed by atoms with van der Waals surface area (Å²) in [7, 11) is 0. The quantitative estimate of drug-likeness (QED) is 0.887. The summed E-state index contributed by atoms with van der Waals surface area (Å²) in [6.45, 7) is 6.04. The molecular formula is C14H22N4O2. The molecule has 0 unspecified atom stereocenters. The van der Waals surface area contributed by atoms with Gasteiger partial charge in [0.15, 0.2) is 0 Å². The molecule has 20 heavy (non-hydrogen) atoms. The molecule has 0 saturated carbocycles. The number of anilines is 1. The Kier molecular flexibility index (Phi) is 5.15. The second-order valence-electron chi connectivity index (χ2n) is 4.93. The monoisotopic (exact) mass is 278 g/mol. The van der Waals surface area contributed by atoms with Gasteiger partial charge in [-0.05, 0) is 33.1 Å². The lowest BCUT2D eigenvalue weighted by atomic mass is 10.1. The fourth-order valence-electron chi connectivity index (χ4n) is 2.32. The van der Waals surface area contributed by atoms with Crippen molar-refractivity contribution in [3.05, 3.63) is 12.4 Å². The highest BCUT2D eigenvalue weighted by molar-refractivity contribution is 5.84. The second-order valence-corrected chi connectivity index (χ2v) is 4.93. The minimum Gasteiger partial charge on any atom is -0.478 e. The number of carbonyl (C=O) groups is 1. The number of likely N-dealkylation sites (tertiary alicyclic amines) is 1. The van der Waals surface area contributed by atoms with Crippen molar-refractivity contribution < 1.29 is 9.53 Å². The van der Waals surface area contributed by atoms with Crippen molar-refractivity contribution in [2.45, 2.75) is 39.2 Å². The van der Waals surface area contributed by atoms with Crippen molar-refractivity contribution in [1.29, 1.82) is 0 Å². The Morgan fingerprint density at radius 1 is 1.40 bits per heavy atom. The topological polar surface area (TPSA) is 67.3 Å². The number of piperidine rings is 1. The second kappa shape index (κ2) is 7.07. The van der Waals surface area contributed by atoms with Gasteiger partial charge in [-0.3, -0.25) is 4.79 Å². The van der Waals surface area contributed by atoms with E-state index in [-0.39, 0.29) is 11.9 Å². The Morgan fingerprint density at radius 2 is 2.15 bits per heavy atom. The smallest absolute Gasteiger partial charge is 0.244 e. The third-order valence-electron chi connectivity index (χ3n) is 3.34. The van der Waals surface area contributed by atoms with E-state index in [0.29, 0.717) is 18.3 Å². The van der Waals surface area contributed by atoms with E-state index in [4.69, 9.17) is 4.74 Å². The van der Waals surface area contributed by atoms with Gasteiger partial charge >= 0.3 is 0 Å². The summed E-state index contributed by atoms with van der Waals surface area (Å²) in [5.74, 6) is 1.25. The Bertz CT molecular complexity index is 447. The van der Waals surface area contributed by atoms with Crippen molar-refractivity contribution >= 4 is 11.7 Å². The fourth-order valence-corrected chi connectivity index (χ4v) is 2.32. The van der Waals surface area contributed by atoms with Gasteiger partial charge in [0.25, 0.3) is 0 Å². The maximum atomic E-state index is 12.3. The number of carbonyl (C=O) groups excluding carboxylic acids is 1. The maximum Gasteiger partial charge on any atom is 0.244 e. The summed E-state index contributed by atoms with van der Waals surface area (Å²) in [4.78, 5) is 22.3. The molecule has 0 aliphatic carbocycles. The van der Waals surface area contributed by atoms with Gasteiger partial charge in [0, 0.05) is 19.2 Å². The molecule has 6 heteroatoms. The highest BCUT2D eigenvalue weighted by Crippen LogP contribution is 2.14. The third-order valence-corrected chi connectivity index (χ3v) is 3.34. The highest BCUT2D eigenvalue weighted by atomic mass is 16.5. The number of ether oxygens (including phenoxy) is 1. The summed E-state index contributed by atoms with van der Waals surface area (Å²) >= 11 is 0.